The second-order valence-electron chi connectivity index (χ2n) is 15.7. The molecule has 3 atom stereocenters. The molecule has 272 valence electrons. The topological polar surface area (TPSA) is 105 Å². The summed E-state index contributed by atoms with van der Waals surface area (Å²) >= 11 is 3.25. The van der Waals surface area contributed by atoms with E-state index in [0.29, 0.717) is 19.4 Å². The van der Waals surface area contributed by atoms with Crippen LogP contribution in [0.15, 0.2) is 96.6 Å². The van der Waals surface area contributed by atoms with Crippen molar-refractivity contribution in [3.8, 4) is 10.4 Å². The molecule has 0 bridgehead atoms. The lowest BCUT2D eigenvalue weighted by Gasteiger charge is -2.44. The maximum absolute atomic E-state index is 14.5. The Labute approximate surface area is 316 Å². The Hall–Kier alpha value is -4.16. The quantitative estimate of drug-likeness (QED) is 0.140. The zero-order valence-electron chi connectivity index (χ0n) is 30.9. The minimum atomic E-state index is -2.94. The second kappa shape index (κ2) is 15.1. The van der Waals surface area contributed by atoms with Crippen LogP contribution >= 0.6 is 22.7 Å². The van der Waals surface area contributed by atoms with E-state index in [1.807, 2.05) is 56.4 Å². The average molecular weight is 753 g/mol. The van der Waals surface area contributed by atoms with Crippen LogP contribution in [0.4, 0.5) is 4.79 Å². The summed E-state index contributed by atoms with van der Waals surface area (Å²) in [6.45, 7) is 14.8. The predicted molar refractivity (Wildman–Crippen MR) is 213 cm³/mol. The highest BCUT2D eigenvalue weighted by molar-refractivity contribution is 7.13. The summed E-state index contributed by atoms with van der Waals surface area (Å²) in [4.78, 5) is 39.9. The second-order valence-corrected chi connectivity index (χ2v) is 22.0. The number of likely N-dealkylation sites (tertiary alicyclic amines) is 1. The van der Waals surface area contributed by atoms with E-state index in [1.54, 1.807) is 22.7 Å². The van der Waals surface area contributed by atoms with Crippen molar-refractivity contribution in [2.75, 3.05) is 6.54 Å². The van der Waals surface area contributed by atoms with Crippen LogP contribution in [0.5, 0.6) is 0 Å². The molecule has 3 heterocycles. The molecule has 1 saturated heterocycles. The molecule has 1 fully saturated rings. The van der Waals surface area contributed by atoms with Gasteiger partial charge in [0.2, 0.25) is 5.91 Å². The molecule has 5 aromatic rings. The molecule has 1 aliphatic heterocycles. The zero-order valence-corrected chi connectivity index (χ0v) is 33.6. The lowest BCUT2D eigenvalue weighted by molar-refractivity contribution is -0.137. The number of nitrogens with one attached hydrogen (secondary N) is 1. The lowest BCUT2D eigenvalue weighted by Crippen LogP contribution is -2.68. The fourth-order valence-electron chi connectivity index (χ4n) is 7.35. The van der Waals surface area contributed by atoms with E-state index in [0.717, 1.165) is 21.1 Å². The van der Waals surface area contributed by atoms with Crippen molar-refractivity contribution in [2.45, 2.75) is 84.5 Å². The Kier molecular flexibility index (Phi) is 10.9. The largest absolute Gasteiger partial charge is 0.465 e. The molecule has 2 N–H and O–H groups in total. The fraction of sp³-hybridized carbons (Fsp3) is 0.366. The molecule has 52 heavy (non-hydrogen) atoms. The Balaban J connectivity index is 1.35. The molecule has 0 aliphatic carbocycles. The van der Waals surface area contributed by atoms with Gasteiger partial charge in [-0.25, -0.2) is 14.8 Å². The highest BCUT2D eigenvalue weighted by Crippen LogP contribution is 2.43. The van der Waals surface area contributed by atoms with Gasteiger partial charge in [0.1, 0.15) is 11.0 Å². The van der Waals surface area contributed by atoms with Crippen molar-refractivity contribution >= 4 is 53.4 Å². The first kappa shape index (κ1) is 37.6. The summed E-state index contributed by atoms with van der Waals surface area (Å²) in [5.41, 5.74) is 4.58. The number of carbonyl (C=O) groups excluding carboxylic acids is 1. The third-order valence-corrected chi connectivity index (χ3v) is 17.1. The van der Waals surface area contributed by atoms with Gasteiger partial charge in [0.25, 0.3) is 8.32 Å². The molecule has 8 nitrogen and oxygen atoms in total. The predicted octanol–water partition coefficient (Wildman–Crippen LogP) is 8.07. The maximum Gasteiger partial charge on any atom is 0.405 e. The normalized spacial score (nSPS) is 17.2. The van der Waals surface area contributed by atoms with Crippen LogP contribution in [0.2, 0.25) is 5.04 Å². The average Bonchev–Trinajstić information content (AvgIpc) is 3.86. The molecule has 0 unspecified atom stereocenters. The molecule has 0 radical (unpaired) electrons. The van der Waals surface area contributed by atoms with E-state index in [9.17, 15) is 14.7 Å². The summed E-state index contributed by atoms with van der Waals surface area (Å²) < 4.78 is 7.55. The van der Waals surface area contributed by atoms with Crippen molar-refractivity contribution in [1.82, 2.24) is 20.2 Å². The van der Waals surface area contributed by atoms with Gasteiger partial charge in [-0.15, -0.1) is 22.7 Å². The van der Waals surface area contributed by atoms with E-state index in [2.05, 4.69) is 104 Å². The Morgan fingerprint density at radius 1 is 0.942 bits per heavy atom. The number of aromatic nitrogens is 2. The fourth-order valence-corrected chi connectivity index (χ4v) is 13.9. The molecule has 6 rings (SSSR count). The Bertz CT molecular complexity index is 1950. The van der Waals surface area contributed by atoms with Crippen LogP contribution in [0.25, 0.3) is 10.4 Å². The molecule has 0 saturated carbocycles. The third kappa shape index (κ3) is 7.78. The third-order valence-electron chi connectivity index (χ3n) is 9.88. The van der Waals surface area contributed by atoms with Crippen LogP contribution in [0.1, 0.15) is 75.1 Å². The van der Waals surface area contributed by atoms with Gasteiger partial charge in [-0.1, -0.05) is 126 Å². The SMILES string of the molecule is Cc1ncsc1-c1ccc(Cc2cnc([C@@H]3C[C@@H](O[Si](c4ccccc4)(c4ccccc4)C(C)(C)C)CN3C(=O)[C@@H](NC(=O)O)C(C)(C)C)s2)cc1. The summed E-state index contributed by atoms with van der Waals surface area (Å²) in [6, 6.07) is 28.3. The summed E-state index contributed by atoms with van der Waals surface area (Å²) in [6.07, 6.45) is 1.65. The van der Waals surface area contributed by atoms with Gasteiger partial charge < -0.3 is 19.7 Å². The Morgan fingerprint density at radius 3 is 2.08 bits per heavy atom. The molecule has 1 aliphatic rings. The first-order valence-electron chi connectivity index (χ1n) is 17.7. The number of benzene rings is 3. The first-order chi connectivity index (χ1) is 24.7. The van der Waals surface area contributed by atoms with Gasteiger partial charge in [0.05, 0.1) is 28.2 Å². The van der Waals surface area contributed by atoms with Gasteiger partial charge in [0, 0.05) is 30.5 Å². The number of nitrogens with zero attached hydrogens (tertiary/aromatic N) is 3. The van der Waals surface area contributed by atoms with E-state index >= 15 is 0 Å². The monoisotopic (exact) mass is 752 g/mol. The number of carboxylic acid groups (broad SMARTS) is 1. The van der Waals surface area contributed by atoms with Gasteiger partial charge in [-0.2, -0.15) is 0 Å². The van der Waals surface area contributed by atoms with E-state index < -0.39 is 25.9 Å². The first-order valence-corrected chi connectivity index (χ1v) is 21.3. The molecular weight excluding hydrogens is 705 g/mol. The highest BCUT2D eigenvalue weighted by Gasteiger charge is 2.54. The minimum absolute atomic E-state index is 0.246. The van der Waals surface area contributed by atoms with Crippen LogP contribution in [0.3, 0.4) is 0 Å². The summed E-state index contributed by atoms with van der Waals surface area (Å²) in [5.74, 6) is -0.265. The number of hydrogen-bond donors (Lipinski definition) is 2. The smallest absolute Gasteiger partial charge is 0.405 e. The molecule has 3 aromatic carbocycles. The maximum atomic E-state index is 14.5. The van der Waals surface area contributed by atoms with Gasteiger partial charge in [0.15, 0.2) is 0 Å². The molecular formula is C41H48N4O4S2Si. The van der Waals surface area contributed by atoms with Crippen molar-refractivity contribution in [1.29, 1.82) is 0 Å². The summed E-state index contributed by atoms with van der Waals surface area (Å²) in [5, 5.41) is 15.2. The number of rotatable bonds is 10. The standard InChI is InChI=1S/C41H48N4O4S2Si/c1-27-35(50-26-43-27)29-20-18-28(19-21-29)22-31-24-42-37(51-31)34-23-30(25-45(34)38(46)36(40(2,3)4)44-39(47)48)49-52(41(5,6)7,32-14-10-8-11-15-32)33-16-12-9-13-17-33/h8-21,24,26,30,34,36,44H,22-23,25H2,1-7H3,(H,47,48)/t30-,34+,36-/m1/s1. The number of aryl methyl sites for hydroxylation is 1. The summed E-state index contributed by atoms with van der Waals surface area (Å²) in [7, 11) is -2.94. The number of hydrogen-bond acceptors (Lipinski definition) is 7. The number of carbonyl (C=O) groups is 2. The molecule has 11 heteroatoms. The van der Waals surface area contributed by atoms with E-state index in [4.69, 9.17) is 9.41 Å². The zero-order chi connectivity index (χ0) is 37.3. The molecule has 2 amide bonds. The van der Waals surface area contributed by atoms with Gasteiger partial charge in [-0.05, 0) is 38.9 Å². The van der Waals surface area contributed by atoms with Crippen LogP contribution in [0, 0.1) is 12.3 Å². The minimum Gasteiger partial charge on any atom is -0.465 e. The van der Waals surface area contributed by atoms with Crippen molar-refractivity contribution in [3.05, 3.63) is 118 Å². The molecule has 2 aromatic heterocycles. The van der Waals surface area contributed by atoms with E-state index in [1.165, 1.54) is 20.8 Å². The highest BCUT2D eigenvalue weighted by atomic mass is 32.1. The van der Waals surface area contributed by atoms with Crippen molar-refractivity contribution in [3.63, 3.8) is 0 Å². The number of thiazole rings is 2. The number of amides is 2. The molecule has 0 spiro atoms. The lowest BCUT2D eigenvalue weighted by atomic mass is 9.85. The van der Waals surface area contributed by atoms with Gasteiger partial charge in [-0.3, -0.25) is 4.79 Å². The van der Waals surface area contributed by atoms with Gasteiger partial charge >= 0.3 is 6.09 Å². The Morgan fingerprint density at radius 2 is 1.56 bits per heavy atom. The van der Waals surface area contributed by atoms with E-state index in [-0.39, 0.29) is 23.1 Å². The van der Waals surface area contributed by atoms with Crippen molar-refractivity contribution in [2.24, 2.45) is 5.41 Å². The van der Waals surface area contributed by atoms with Crippen LogP contribution in [-0.4, -0.2) is 59.0 Å². The van der Waals surface area contributed by atoms with Crippen LogP contribution < -0.4 is 15.7 Å². The van der Waals surface area contributed by atoms with Crippen LogP contribution in [-0.2, 0) is 15.6 Å². The van der Waals surface area contributed by atoms with Crippen molar-refractivity contribution < 1.29 is 19.1 Å².